The van der Waals surface area contributed by atoms with Crippen molar-refractivity contribution < 1.29 is 25.3 Å². The second kappa shape index (κ2) is 8.48. The van der Waals surface area contributed by atoms with Gasteiger partial charge in [0, 0.05) is 10.0 Å². The van der Waals surface area contributed by atoms with Crippen molar-refractivity contribution in [1.29, 1.82) is 0 Å². The second-order valence-corrected chi connectivity index (χ2v) is 13.1. The van der Waals surface area contributed by atoms with E-state index in [0.29, 0.717) is 10.0 Å². The zero-order chi connectivity index (χ0) is 20.3. The van der Waals surface area contributed by atoms with Crippen LogP contribution in [0.4, 0.5) is 0 Å². The number of rotatable bonds is 8. The van der Waals surface area contributed by atoms with Gasteiger partial charge >= 0.3 is 0 Å². The summed E-state index contributed by atoms with van der Waals surface area (Å²) in [6.45, 7) is 0. The van der Waals surface area contributed by atoms with Crippen LogP contribution in [-0.2, 0) is 29.5 Å². The molecule has 0 bridgehead atoms. The van der Waals surface area contributed by atoms with Gasteiger partial charge in [-0.05, 0) is 48.5 Å². The number of hydrogen-bond acceptors (Lipinski definition) is 6. The lowest BCUT2D eigenvalue weighted by Crippen LogP contribution is -2.24. The highest BCUT2D eigenvalue weighted by atomic mass is 35.5. The zero-order valence-electron chi connectivity index (χ0n) is 13.9. The van der Waals surface area contributed by atoms with E-state index < -0.39 is 52.5 Å². The van der Waals surface area contributed by atoms with Crippen LogP contribution < -0.4 is 0 Å². The molecule has 0 N–H and O–H groups in total. The predicted octanol–water partition coefficient (Wildman–Crippen LogP) is 2.66. The monoisotopic (exact) mass is 470 g/mol. The molecule has 0 saturated heterocycles. The van der Waals surface area contributed by atoms with Crippen molar-refractivity contribution in [3.05, 3.63) is 58.6 Å². The van der Waals surface area contributed by atoms with Crippen molar-refractivity contribution in [2.45, 2.75) is 9.79 Å². The minimum absolute atomic E-state index is 0.0455. The molecule has 0 aliphatic heterocycles. The average molecular weight is 471 g/mol. The van der Waals surface area contributed by atoms with Gasteiger partial charge in [0.2, 0.25) is 0 Å². The molecule has 0 aliphatic rings. The maximum absolute atomic E-state index is 12.2. The molecule has 0 spiro atoms. The molecule has 2 aromatic carbocycles. The fraction of sp³-hybridized carbons (Fsp3) is 0.250. The molecule has 0 atom stereocenters. The van der Waals surface area contributed by atoms with Crippen molar-refractivity contribution in [3.8, 4) is 0 Å². The highest BCUT2D eigenvalue weighted by Crippen LogP contribution is 2.17. The summed E-state index contributed by atoms with van der Waals surface area (Å²) in [5.41, 5.74) is 0. The van der Waals surface area contributed by atoms with Gasteiger partial charge in [0.15, 0.2) is 29.5 Å². The van der Waals surface area contributed by atoms with Crippen molar-refractivity contribution in [2.75, 3.05) is 23.0 Å². The van der Waals surface area contributed by atoms with Gasteiger partial charge in [-0.3, -0.25) is 0 Å². The van der Waals surface area contributed by atoms with E-state index in [1.165, 1.54) is 48.5 Å². The molecule has 0 unspecified atom stereocenters. The molecule has 0 heterocycles. The SMILES string of the molecule is O=S(=O)(CCS(=O)(=O)c1ccc(Cl)cc1)CCS(=O)(=O)c1ccc(Cl)cc1. The Labute approximate surface area is 168 Å². The Hall–Kier alpha value is -1.13. The van der Waals surface area contributed by atoms with E-state index in [1.807, 2.05) is 0 Å². The average Bonchev–Trinajstić information content (AvgIpc) is 2.60. The number of benzene rings is 2. The summed E-state index contributed by atoms with van der Waals surface area (Å²) < 4.78 is 73.1. The number of sulfone groups is 3. The van der Waals surface area contributed by atoms with E-state index in [1.54, 1.807) is 0 Å². The van der Waals surface area contributed by atoms with Gasteiger partial charge in [-0.2, -0.15) is 0 Å². The molecule has 0 saturated carbocycles. The molecular formula is C16H16Cl2O6S3. The first-order chi connectivity index (χ1) is 12.4. The van der Waals surface area contributed by atoms with Crippen molar-refractivity contribution in [3.63, 3.8) is 0 Å². The van der Waals surface area contributed by atoms with Gasteiger partial charge in [0.25, 0.3) is 0 Å². The van der Waals surface area contributed by atoms with Crippen LogP contribution in [-0.4, -0.2) is 48.3 Å². The lowest BCUT2D eigenvalue weighted by Gasteiger charge is -2.07. The van der Waals surface area contributed by atoms with E-state index in [9.17, 15) is 25.3 Å². The molecular weight excluding hydrogens is 455 g/mol. The molecule has 11 heteroatoms. The molecule has 6 nitrogen and oxygen atoms in total. The standard InChI is InChI=1S/C16H16Cl2O6S3/c17-13-1-5-15(6-2-13)26(21,22)11-9-25(19,20)10-12-27(23,24)16-7-3-14(18)4-8-16/h1-8H,9-12H2. The molecule has 0 aliphatic carbocycles. The lowest BCUT2D eigenvalue weighted by atomic mass is 10.4. The molecule has 0 aromatic heterocycles. The Morgan fingerprint density at radius 1 is 0.519 bits per heavy atom. The zero-order valence-corrected chi connectivity index (χ0v) is 17.8. The first-order valence-corrected chi connectivity index (χ1v) is 13.5. The summed E-state index contributed by atoms with van der Waals surface area (Å²) in [4.78, 5) is -0.0910. The quantitative estimate of drug-likeness (QED) is 0.587. The molecule has 148 valence electrons. The Bertz CT molecular complexity index is 1020. The smallest absolute Gasteiger partial charge is 0.179 e. The molecule has 2 aromatic rings. The molecule has 2 rings (SSSR count). The summed E-state index contributed by atoms with van der Waals surface area (Å²) in [7, 11) is -11.5. The second-order valence-electron chi connectivity index (χ2n) is 5.70. The highest BCUT2D eigenvalue weighted by Gasteiger charge is 2.23. The minimum atomic E-state index is -3.89. The van der Waals surface area contributed by atoms with Crippen LogP contribution in [0, 0.1) is 0 Å². The molecule has 27 heavy (non-hydrogen) atoms. The van der Waals surface area contributed by atoms with Gasteiger partial charge in [0.1, 0.15) is 0 Å². The van der Waals surface area contributed by atoms with E-state index >= 15 is 0 Å². The minimum Gasteiger partial charge on any atom is -0.229 e. The number of hydrogen-bond donors (Lipinski definition) is 0. The molecule has 0 fully saturated rings. The van der Waals surface area contributed by atoms with Crippen molar-refractivity contribution >= 4 is 52.7 Å². The fourth-order valence-electron chi connectivity index (χ4n) is 2.09. The van der Waals surface area contributed by atoms with E-state index in [0.717, 1.165) is 0 Å². The lowest BCUT2D eigenvalue weighted by molar-refractivity contribution is 0.585. The Balaban J connectivity index is 2.02. The van der Waals surface area contributed by atoms with Crippen molar-refractivity contribution in [2.24, 2.45) is 0 Å². The van der Waals surface area contributed by atoms with Crippen LogP contribution in [0.3, 0.4) is 0 Å². The van der Waals surface area contributed by atoms with Crippen LogP contribution in [0.2, 0.25) is 10.0 Å². The topological polar surface area (TPSA) is 102 Å². The van der Waals surface area contributed by atoms with Gasteiger partial charge < -0.3 is 0 Å². The fourth-order valence-corrected chi connectivity index (χ4v) is 7.91. The van der Waals surface area contributed by atoms with Gasteiger partial charge in [-0.25, -0.2) is 25.3 Å². The third kappa shape index (κ3) is 6.46. The maximum Gasteiger partial charge on any atom is 0.179 e. The number of halogens is 2. The van der Waals surface area contributed by atoms with Crippen LogP contribution in [0.25, 0.3) is 0 Å². The van der Waals surface area contributed by atoms with Crippen molar-refractivity contribution in [1.82, 2.24) is 0 Å². The van der Waals surface area contributed by atoms with E-state index in [-0.39, 0.29) is 9.79 Å². The first kappa shape index (κ1) is 22.2. The Morgan fingerprint density at radius 3 is 1.11 bits per heavy atom. The largest absolute Gasteiger partial charge is 0.229 e. The van der Waals surface area contributed by atoms with Crippen LogP contribution in [0.1, 0.15) is 0 Å². The summed E-state index contributed by atoms with van der Waals surface area (Å²) >= 11 is 11.4. The van der Waals surface area contributed by atoms with Crippen LogP contribution in [0.15, 0.2) is 58.3 Å². The predicted molar refractivity (Wildman–Crippen MR) is 106 cm³/mol. The highest BCUT2D eigenvalue weighted by molar-refractivity contribution is 7.96. The Morgan fingerprint density at radius 2 is 0.815 bits per heavy atom. The molecule has 0 amide bonds. The van der Waals surface area contributed by atoms with E-state index in [4.69, 9.17) is 23.2 Å². The Kier molecular flexibility index (Phi) is 6.96. The molecule has 0 radical (unpaired) electrons. The van der Waals surface area contributed by atoms with Crippen LogP contribution in [0.5, 0.6) is 0 Å². The van der Waals surface area contributed by atoms with Gasteiger partial charge in [-0.1, -0.05) is 23.2 Å². The summed E-state index contributed by atoms with van der Waals surface area (Å²) in [6.07, 6.45) is 0. The third-order valence-electron chi connectivity index (χ3n) is 3.67. The van der Waals surface area contributed by atoms with Gasteiger partial charge in [-0.15, -0.1) is 0 Å². The normalized spacial score (nSPS) is 12.8. The maximum atomic E-state index is 12.2. The van der Waals surface area contributed by atoms with Gasteiger partial charge in [0.05, 0.1) is 32.8 Å². The summed E-state index contributed by atoms with van der Waals surface area (Å²) in [5.74, 6) is -2.63. The summed E-state index contributed by atoms with van der Waals surface area (Å²) in [5, 5.41) is 0.711. The summed E-state index contributed by atoms with van der Waals surface area (Å²) in [6, 6.07) is 10.7. The van der Waals surface area contributed by atoms with E-state index in [2.05, 4.69) is 0 Å². The van der Waals surface area contributed by atoms with Crippen LogP contribution >= 0.6 is 23.2 Å². The third-order valence-corrected chi connectivity index (χ3v) is 9.81. The first-order valence-electron chi connectivity index (χ1n) is 7.58.